The molecule has 0 spiro atoms. The van der Waals surface area contributed by atoms with E-state index in [9.17, 15) is 0 Å². The van der Waals surface area contributed by atoms with Crippen molar-refractivity contribution in [1.82, 2.24) is 0 Å². The Kier molecular flexibility index (Phi) is 6.50. The van der Waals surface area contributed by atoms with E-state index in [2.05, 4.69) is 6.92 Å². The van der Waals surface area contributed by atoms with Crippen LogP contribution in [0.15, 0.2) is 0 Å². The molecule has 4 N–H and O–H groups in total. The van der Waals surface area contributed by atoms with Crippen molar-refractivity contribution in [1.29, 1.82) is 0 Å². The van der Waals surface area contributed by atoms with Crippen LogP contribution in [0.5, 0.6) is 0 Å². The van der Waals surface area contributed by atoms with Crippen LogP contribution in [0.1, 0.15) is 19.8 Å². The first-order valence-electron chi connectivity index (χ1n) is 4.74. The van der Waals surface area contributed by atoms with E-state index >= 15 is 0 Å². The zero-order chi connectivity index (χ0) is 11.2. The molecule has 0 heterocycles. The number of hydrogen-bond donors (Lipinski definition) is 2. The summed E-state index contributed by atoms with van der Waals surface area (Å²) >= 11 is 0. The van der Waals surface area contributed by atoms with Gasteiger partial charge in [0.25, 0.3) is 0 Å². The van der Waals surface area contributed by atoms with Crippen molar-refractivity contribution in [3.8, 4) is 0 Å². The molecule has 0 saturated heterocycles. The molecule has 0 aliphatic carbocycles. The van der Waals surface area contributed by atoms with Gasteiger partial charge in [-0.25, -0.2) is 0 Å². The van der Waals surface area contributed by atoms with Crippen LogP contribution in [-0.2, 0) is 13.3 Å². The van der Waals surface area contributed by atoms with Gasteiger partial charge in [-0.3, -0.25) is 0 Å². The molecule has 0 aliphatic rings. The van der Waals surface area contributed by atoms with Gasteiger partial charge < -0.3 is 24.7 Å². The van der Waals surface area contributed by atoms with Crippen LogP contribution in [-0.4, -0.2) is 41.8 Å². The molecule has 0 radical (unpaired) electrons. The summed E-state index contributed by atoms with van der Waals surface area (Å²) in [6.07, 6.45) is 1.82. The Bertz CT molecular complexity index is 147. The van der Waals surface area contributed by atoms with E-state index < -0.39 is 8.80 Å². The van der Waals surface area contributed by atoms with E-state index in [4.69, 9.17) is 24.7 Å². The van der Waals surface area contributed by atoms with E-state index in [1.54, 1.807) is 0 Å². The maximum Gasteiger partial charge on any atom is 0.519 e. The molecule has 0 aromatic carbocycles. The highest BCUT2D eigenvalue weighted by Gasteiger charge is 2.47. The third kappa shape index (κ3) is 3.01. The van der Waals surface area contributed by atoms with Crippen molar-refractivity contribution < 1.29 is 13.3 Å². The van der Waals surface area contributed by atoms with Crippen LogP contribution >= 0.6 is 0 Å². The van der Waals surface area contributed by atoms with Crippen molar-refractivity contribution in [3.05, 3.63) is 0 Å². The van der Waals surface area contributed by atoms with Gasteiger partial charge in [-0.2, -0.15) is 0 Å². The van der Waals surface area contributed by atoms with Gasteiger partial charge in [0.15, 0.2) is 0 Å². The fourth-order valence-electron chi connectivity index (χ4n) is 1.43. The molecule has 0 amide bonds. The molecule has 0 fully saturated rings. The highest BCUT2D eigenvalue weighted by Crippen LogP contribution is 2.14. The van der Waals surface area contributed by atoms with Gasteiger partial charge >= 0.3 is 8.80 Å². The van der Waals surface area contributed by atoms with Gasteiger partial charge in [-0.05, 0) is 6.42 Å². The lowest BCUT2D eigenvalue weighted by Gasteiger charge is -2.33. The molecule has 0 aromatic heterocycles. The Morgan fingerprint density at radius 1 is 1.07 bits per heavy atom. The summed E-state index contributed by atoms with van der Waals surface area (Å²) in [6.45, 7) is 2.06. The third-order valence-corrected chi connectivity index (χ3v) is 5.30. The van der Waals surface area contributed by atoms with Crippen LogP contribution in [0.2, 0.25) is 0 Å². The normalized spacial score (nSPS) is 16.7. The van der Waals surface area contributed by atoms with Crippen molar-refractivity contribution >= 4 is 8.80 Å². The summed E-state index contributed by atoms with van der Waals surface area (Å²) < 4.78 is 15.8. The molecule has 6 heteroatoms. The monoisotopic (exact) mass is 222 g/mol. The molecule has 2 atom stereocenters. The zero-order valence-electron chi connectivity index (χ0n) is 9.45. The van der Waals surface area contributed by atoms with Gasteiger partial charge in [-0.15, -0.1) is 0 Å². The summed E-state index contributed by atoms with van der Waals surface area (Å²) in [5, 5.41) is 0. The summed E-state index contributed by atoms with van der Waals surface area (Å²) in [4.78, 5) is 0. The Morgan fingerprint density at radius 2 is 1.50 bits per heavy atom. The fraction of sp³-hybridized carbons (Fsp3) is 1.00. The quantitative estimate of drug-likeness (QED) is 0.586. The van der Waals surface area contributed by atoms with Gasteiger partial charge in [0.2, 0.25) is 0 Å². The lowest BCUT2D eigenvalue weighted by Crippen LogP contribution is -2.65. The predicted octanol–water partition coefficient (Wildman–Crippen LogP) is -0.142. The second-order valence-corrected chi connectivity index (χ2v) is 6.29. The van der Waals surface area contributed by atoms with Gasteiger partial charge in [0.05, 0.1) is 5.67 Å². The number of nitrogens with two attached hydrogens (primary N) is 2. The Hall–Kier alpha value is 0.0169. The van der Waals surface area contributed by atoms with Crippen LogP contribution in [0.3, 0.4) is 0 Å². The molecular formula is C8H22N2O3Si. The van der Waals surface area contributed by atoms with Crippen LogP contribution in [0.25, 0.3) is 0 Å². The summed E-state index contributed by atoms with van der Waals surface area (Å²) in [7, 11) is 1.85. The SMILES string of the molecule is CCCC(N)C(N)[Si](OC)(OC)OC. The molecule has 0 aliphatic heterocycles. The van der Waals surface area contributed by atoms with E-state index in [1.807, 2.05) is 0 Å². The van der Waals surface area contributed by atoms with E-state index in [0.29, 0.717) is 0 Å². The van der Waals surface area contributed by atoms with Crippen molar-refractivity contribution in [2.45, 2.75) is 31.5 Å². The molecule has 5 nitrogen and oxygen atoms in total. The highest BCUT2D eigenvalue weighted by molar-refractivity contribution is 6.62. The first kappa shape index (κ1) is 14.0. The minimum atomic E-state index is -2.77. The van der Waals surface area contributed by atoms with E-state index in [-0.39, 0.29) is 11.7 Å². The summed E-state index contributed by atoms with van der Waals surface area (Å²) in [5.74, 6) is 0. The average Bonchev–Trinajstić information content (AvgIpc) is 2.21. The predicted molar refractivity (Wildman–Crippen MR) is 57.6 cm³/mol. The average molecular weight is 222 g/mol. The third-order valence-electron chi connectivity index (χ3n) is 2.35. The van der Waals surface area contributed by atoms with Gasteiger partial charge in [-0.1, -0.05) is 13.3 Å². The minimum Gasteiger partial charge on any atom is -0.376 e. The molecule has 0 saturated carbocycles. The first-order chi connectivity index (χ1) is 6.57. The van der Waals surface area contributed by atoms with Crippen LogP contribution in [0, 0.1) is 0 Å². The smallest absolute Gasteiger partial charge is 0.376 e. The summed E-state index contributed by atoms with van der Waals surface area (Å²) in [6, 6.07) is -0.147. The van der Waals surface area contributed by atoms with E-state index in [0.717, 1.165) is 12.8 Å². The molecule has 0 rings (SSSR count). The van der Waals surface area contributed by atoms with Crippen molar-refractivity contribution in [2.24, 2.45) is 11.5 Å². The summed E-state index contributed by atoms with van der Waals surface area (Å²) in [5.41, 5.74) is 11.5. The Morgan fingerprint density at radius 3 is 1.79 bits per heavy atom. The molecule has 86 valence electrons. The standard InChI is InChI=1S/C8H22N2O3Si/c1-5-6-7(9)8(10)14(11-2,12-3)13-4/h7-8H,5-6,9-10H2,1-4H3. The highest BCUT2D eigenvalue weighted by atomic mass is 28.4. The minimum absolute atomic E-state index is 0.147. The molecule has 0 aromatic rings. The zero-order valence-corrected chi connectivity index (χ0v) is 10.4. The van der Waals surface area contributed by atoms with Gasteiger partial charge in [0, 0.05) is 27.4 Å². The molecular weight excluding hydrogens is 200 g/mol. The van der Waals surface area contributed by atoms with E-state index in [1.165, 1.54) is 21.3 Å². The molecule has 2 unspecified atom stereocenters. The maximum absolute atomic E-state index is 5.98. The second kappa shape index (κ2) is 6.49. The Balaban J connectivity index is 4.48. The maximum atomic E-state index is 5.98. The Labute approximate surface area is 87.1 Å². The van der Waals surface area contributed by atoms with Crippen molar-refractivity contribution in [3.63, 3.8) is 0 Å². The number of rotatable bonds is 7. The molecule has 0 bridgehead atoms. The van der Waals surface area contributed by atoms with Crippen molar-refractivity contribution in [2.75, 3.05) is 21.3 Å². The first-order valence-corrected chi connectivity index (χ1v) is 6.54. The largest absolute Gasteiger partial charge is 0.519 e. The van der Waals surface area contributed by atoms with Crippen LogP contribution < -0.4 is 11.5 Å². The second-order valence-electron chi connectivity index (χ2n) is 3.19. The van der Waals surface area contributed by atoms with Gasteiger partial charge in [0.1, 0.15) is 0 Å². The lowest BCUT2D eigenvalue weighted by molar-refractivity contribution is 0.108. The molecule has 14 heavy (non-hydrogen) atoms. The fourth-order valence-corrected chi connectivity index (χ4v) is 3.44. The topological polar surface area (TPSA) is 79.7 Å². The number of hydrogen-bond acceptors (Lipinski definition) is 5. The lowest BCUT2D eigenvalue weighted by atomic mass is 10.2. The van der Waals surface area contributed by atoms with Crippen LogP contribution in [0.4, 0.5) is 0 Å².